The summed E-state index contributed by atoms with van der Waals surface area (Å²) in [6, 6.07) is 2.13. The molecule has 16 heavy (non-hydrogen) atoms. The van der Waals surface area contributed by atoms with Crippen LogP contribution < -0.4 is 5.32 Å². The van der Waals surface area contributed by atoms with Crippen LogP contribution in [0.5, 0.6) is 0 Å². The van der Waals surface area contributed by atoms with Gasteiger partial charge in [0.15, 0.2) is 0 Å². The molecule has 4 nitrogen and oxygen atoms in total. The molecule has 2 heterocycles. The van der Waals surface area contributed by atoms with Crippen molar-refractivity contribution in [2.45, 2.75) is 13.0 Å². The van der Waals surface area contributed by atoms with Crippen molar-refractivity contribution < 1.29 is 4.79 Å². The molecule has 0 saturated carbocycles. The first kappa shape index (κ1) is 11.7. The molecule has 0 aromatic carbocycles. The standard InChI is InChI=1S/C11H16BrN3O/c1-8-6-13-3-4-15(8)11(16)10-5-9(12)7-14(10)2/h5,7-8,13H,3-4,6H2,1-2H3/t8-/m1/s1. The van der Waals surface area contributed by atoms with Crippen LogP contribution in [0.15, 0.2) is 16.7 Å². The molecule has 0 aliphatic carbocycles. The summed E-state index contributed by atoms with van der Waals surface area (Å²) in [5.74, 6) is 0.113. The lowest BCUT2D eigenvalue weighted by Gasteiger charge is -2.34. The van der Waals surface area contributed by atoms with Gasteiger partial charge in [0.25, 0.3) is 5.91 Å². The normalized spacial score (nSPS) is 21.2. The van der Waals surface area contributed by atoms with Crippen molar-refractivity contribution in [3.8, 4) is 0 Å². The van der Waals surface area contributed by atoms with Crippen LogP contribution in [-0.4, -0.2) is 41.1 Å². The molecular formula is C11H16BrN3O. The van der Waals surface area contributed by atoms with Gasteiger partial charge in [-0.1, -0.05) is 0 Å². The predicted molar refractivity (Wildman–Crippen MR) is 66.5 cm³/mol. The zero-order valence-electron chi connectivity index (χ0n) is 9.53. The molecule has 1 fully saturated rings. The highest BCUT2D eigenvalue weighted by atomic mass is 79.9. The number of nitrogens with one attached hydrogen (secondary N) is 1. The van der Waals surface area contributed by atoms with E-state index in [1.165, 1.54) is 0 Å². The van der Waals surface area contributed by atoms with Crippen molar-refractivity contribution in [2.24, 2.45) is 7.05 Å². The highest BCUT2D eigenvalue weighted by Crippen LogP contribution is 2.17. The second-order valence-electron chi connectivity index (χ2n) is 4.21. The van der Waals surface area contributed by atoms with Gasteiger partial charge >= 0.3 is 0 Å². The van der Waals surface area contributed by atoms with Crippen molar-refractivity contribution in [3.63, 3.8) is 0 Å². The molecule has 1 atom stereocenters. The predicted octanol–water partition coefficient (Wildman–Crippen LogP) is 1.22. The van der Waals surface area contributed by atoms with Crippen LogP contribution in [0.1, 0.15) is 17.4 Å². The van der Waals surface area contributed by atoms with Crippen LogP contribution in [-0.2, 0) is 7.05 Å². The first-order valence-electron chi connectivity index (χ1n) is 5.43. The van der Waals surface area contributed by atoms with Gasteiger partial charge in [0, 0.05) is 43.4 Å². The van der Waals surface area contributed by atoms with E-state index in [4.69, 9.17) is 0 Å². The number of amides is 1. The Bertz CT molecular complexity index is 402. The Morgan fingerprint density at radius 2 is 2.38 bits per heavy atom. The summed E-state index contributed by atoms with van der Waals surface area (Å²) in [6.07, 6.45) is 1.90. The van der Waals surface area contributed by atoms with Crippen LogP contribution in [0.3, 0.4) is 0 Å². The van der Waals surface area contributed by atoms with E-state index >= 15 is 0 Å². The van der Waals surface area contributed by atoms with Gasteiger partial charge in [-0.2, -0.15) is 0 Å². The zero-order valence-corrected chi connectivity index (χ0v) is 11.1. The fourth-order valence-corrected chi connectivity index (χ4v) is 2.55. The van der Waals surface area contributed by atoms with Crippen molar-refractivity contribution in [3.05, 3.63) is 22.4 Å². The Hall–Kier alpha value is -0.810. The van der Waals surface area contributed by atoms with E-state index in [1.54, 1.807) is 0 Å². The SMILES string of the molecule is C[C@@H]1CNCCN1C(=O)c1cc(Br)cn1C. The summed E-state index contributed by atoms with van der Waals surface area (Å²) >= 11 is 3.39. The summed E-state index contributed by atoms with van der Waals surface area (Å²) < 4.78 is 2.81. The summed E-state index contributed by atoms with van der Waals surface area (Å²) in [7, 11) is 1.89. The van der Waals surface area contributed by atoms with Gasteiger partial charge in [-0.15, -0.1) is 0 Å². The number of piperazine rings is 1. The molecule has 0 spiro atoms. The fourth-order valence-electron chi connectivity index (χ4n) is 2.03. The summed E-state index contributed by atoms with van der Waals surface area (Å²) in [6.45, 7) is 4.60. The minimum absolute atomic E-state index is 0.113. The second kappa shape index (κ2) is 4.59. The number of rotatable bonds is 1. The Kier molecular flexibility index (Phi) is 3.35. The van der Waals surface area contributed by atoms with Crippen LogP contribution in [0.4, 0.5) is 0 Å². The lowest BCUT2D eigenvalue weighted by atomic mass is 10.2. The topological polar surface area (TPSA) is 37.3 Å². The van der Waals surface area contributed by atoms with Gasteiger partial charge in [0.1, 0.15) is 5.69 Å². The maximum Gasteiger partial charge on any atom is 0.270 e. The van der Waals surface area contributed by atoms with E-state index in [9.17, 15) is 4.79 Å². The third-order valence-corrected chi connectivity index (χ3v) is 3.39. The monoisotopic (exact) mass is 285 g/mol. The molecule has 1 aromatic heterocycles. The van der Waals surface area contributed by atoms with Crippen molar-refractivity contribution >= 4 is 21.8 Å². The van der Waals surface area contributed by atoms with Crippen LogP contribution in [0, 0.1) is 0 Å². The molecule has 5 heteroatoms. The summed E-state index contributed by atoms with van der Waals surface area (Å²) in [5.41, 5.74) is 0.737. The van der Waals surface area contributed by atoms with Crippen LogP contribution in [0.25, 0.3) is 0 Å². The Morgan fingerprint density at radius 3 is 2.94 bits per heavy atom. The van der Waals surface area contributed by atoms with E-state index in [0.29, 0.717) is 0 Å². The average molecular weight is 286 g/mol. The van der Waals surface area contributed by atoms with Gasteiger partial charge in [-0.3, -0.25) is 4.79 Å². The number of aromatic nitrogens is 1. The van der Waals surface area contributed by atoms with E-state index in [1.807, 2.05) is 28.8 Å². The lowest BCUT2D eigenvalue weighted by molar-refractivity contribution is 0.0646. The van der Waals surface area contributed by atoms with Crippen molar-refractivity contribution in [2.75, 3.05) is 19.6 Å². The van der Waals surface area contributed by atoms with Crippen LogP contribution >= 0.6 is 15.9 Å². The van der Waals surface area contributed by atoms with Gasteiger partial charge in [0.05, 0.1) is 0 Å². The fraction of sp³-hybridized carbons (Fsp3) is 0.545. The quantitative estimate of drug-likeness (QED) is 0.843. The summed E-state index contributed by atoms with van der Waals surface area (Å²) in [5, 5.41) is 3.28. The maximum atomic E-state index is 12.3. The highest BCUT2D eigenvalue weighted by Gasteiger charge is 2.25. The van der Waals surface area contributed by atoms with Crippen molar-refractivity contribution in [1.29, 1.82) is 0 Å². The summed E-state index contributed by atoms with van der Waals surface area (Å²) in [4.78, 5) is 14.2. The van der Waals surface area contributed by atoms with Gasteiger partial charge < -0.3 is 14.8 Å². The highest BCUT2D eigenvalue weighted by molar-refractivity contribution is 9.10. The molecule has 1 N–H and O–H groups in total. The number of carbonyl (C=O) groups excluding carboxylic acids is 1. The number of aryl methyl sites for hydroxylation is 1. The second-order valence-corrected chi connectivity index (χ2v) is 5.12. The first-order chi connectivity index (χ1) is 7.59. The number of nitrogens with zero attached hydrogens (tertiary/aromatic N) is 2. The van der Waals surface area contributed by atoms with Gasteiger partial charge in [0.2, 0.25) is 0 Å². The largest absolute Gasteiger partial charge is 0.345 e. The maximum absolute atomic E-state index is 12.3. The lowest BCUT2D eigenvalue weighted by Crippen LogP contribution is -2.52. The number of hydrogen-bond donors (Lipinski definition) is 1. The molecule has 1 amide bonds. The smallest absolute Gasteiger partial charge is 0.270 e. The van der Waals surface area contributed by atoms with Gasteiger partial charge in [-0.05, 0) is 28.9 Å². The molecule has 0 bridgehead atoms. The molecule has 1 aromatic rings. The first-order valence-corrected chi connectivity index (χ1v) is 6.22. The zero-order chi connectivity index (χ0) is 11.7. The molecule has 1 aliphatic heterocycles. The molecule has 1 saturated heterocycles. The van der Waals surface area contributed by atoms with E-state index in [-0.39, 0.29) is 11.9 Å². The Morgan fingerprint density at radius 1 is 1.62 bits per heavy atom. The van der Waals surface area contributed by atoms with Crippen LogP contribution in [0.2, 0.25) is 0 Å². The number of hydrogen-bond acceptors (Lipinski definition) is 2. The number of halogens is 1. The average Bonchev–Trinajstić information content (AvgIpc) is 2.58. The third-order valence-electron chi connectivity index (χ3n) is 2.95. The van der Waals surface area contributed by atoms with Crippen molar-refractivity contribution in [1.82, 2.24) is 14.8 Å². The molecule has 1 aliphatic rings. The molecule has 0 radical (unpaired) electrons. The van der Waals surface area contributed by atoms with E-state index in [0.717, 1.165) is 29.8 Å². The van der Waals surface area contributed by atoms with Gasteiger partial charge in [-0.25, -0.2) is 0 Å². The molecule has 2 rings (SSSR count). The third kappa shape index (κ3) is 2.15. The minimum atomic E-state index is 0.113. The molecule has 88 valence electrons. The van der Waals surface area contributed by atoms with E-state index < -0.39 is 0 Å². The molecule has 0 unspecified atom stereocenters. The number of carbonyl (C=O) groups is 1. The Balaban J connectivity index is 2.21. The molecular weight excluding hydrogens is 270 g/mol. The Labute approximate surface area is 104 Å². The minimum Gasteiger partial charge on any atom is -0.345 e. The van der Waals surface area contributed by atoms with E-state index in [2.05, 4.69) is 28.2 Å².